The average Bonchev–Trinajstić information content (AvgIpc) is 2.54. The summed E-state index contributed by atoms with van der Waals surface area (Å²) >= 11 is 5.97. The average molecular weight is 333 g/mol. The standard InChI is InChI=1S/C17H17ClN2O3/c1-11-7-3-4-8-13(11)17(22)20-19-16(21)12(2)23-15-10-6-5-9-14(15)18/h3-10,12H,1-2H3,(H,19,21)(H,20,22). The highest BCUT2D eigenvalue weighted by Gasteiger charge is 2.17. The molecule has 2 aromatic carbocycles. The molecule has 0 aromatic heterocycles. The van der Waals surface area contributed by atoms with E-state index in [1.807, 2.05) is 19.1 Å². The Balaban J connectivity index is 1.91. The van der Waals surface area contributed by atoms with E-state index in [1.54, 1.807) is 43.3 Å². The van der Waals surface area contributed by atoms with Gasteiger partial charge in [-0.25, -0.2) is 0 Å². The number of rotatable bonds is 4. The normalized spacial score (nSPS) is 11.4. The molecular weight excluding hydrogens is 316 g/mol. The van der Waals surface area contributed by atoms with Gasteiger partial charge >= 0.3 is 0 Å². The Morgan fingerprint density at radius 2 is 1.70 bits per heavy atom. The fourth-order valence-corrected chi connectivity index (χ4v) is 2.08. The Labute approximate surface area is 139 Å². The third-order valence-corrected chi connectivity index (χ3v) is 3.51. The minimum atomic E-state index is -0.813. The molecule has 6 heteroatoms. The number of carbonyl (C=O) groups excluding carboxylic acids is 2. The molecule has 0 bridgehead atoms. The van der Waals surface area contributed by atoms with Gasteiger partial charge in [-0.15, -0.1) is 0 Å². The van der Waals surface area contributed by atoms with Crippen molar-refractivity contribution < 1.29 is 14.3 Å². The van der Waals surface area contributed by atoms with Crippen LogP contribution in [0.15, 0.2) is 48.5 Å². The molecule has 2 aromatic rings. The van der Waals surface area contributed by atoms with Crippen molar-refractivity contribution >= 4 is 23.4 Å². The predicted molar refractivity (Wildman–Crippen MR) is 88.3 cm³/mol. The van der Waals surface area contributed by atoms with Gasteiger partial charge in [0.1, 0.15) is 5.75 Å². The molecule has 0 fully saturated rings. The maximum atomic E-state index is 12.0. The van der Waals surface area contributed by atoms with Crippen molar-refractivity contribution in [2.75, 3.05) is 0 Å². The van der Waals surface area contributed by atoms with Gasteiger partial charge < -0.3 is 4.74 Å². The van der Waals surface area contributed by atoms with Gasteiger partial charge in [0.2, 0.25) is 0 Å². The van der Waals surface area contributed by atoms with E-state index >= 15 is 0 Å². The van der Waals surface area contributed by atoms with Gasteiger partial charge in [-0.05, 0) is 37.6 Å². The molecule has 1 unspecified atom stereocenters. The van der Waals surface area contributed by atoms with Crippen LogP contribution in [-0.4, -0.2) is 17.9 Å². The second-order valence-electron chi connectivity index (χ2n) is 4.95. The first-order valence-corrected chi connectivity index (χ1v) is 7.44. The fourth-order valence-electron chi connectivity index (χ4n) is 1.90. The molecule has 0 aliphatic carbocycles. The number of para-hydroxylation sites is 1. The van der Waals surface area contributed by atoms with E-state index in [-0.39, 0.29) is 5.91 Å². The van der Waals surface area contributed by atoms with Gasteiger partial charge in [-0.3, -0.25) is 20.4 Å². The first kappa shape index (κ1) is 16.8. The van der Waals surface area contributed by atoms with Crippen LogP contribution in [0.2, 0.25) is 5.02 Å². The van der Waals surface area contributed by atoms with Crippen LogP contribution in [-0.2, 0) is 4.79 Å². The van der Waals surface area contributed by atoms with Crippen LogP contribution in [0.3, 0.4) is 0 Å². The highest BCUT2D eigenvalue weighted by Crippen LogP contribution is 2.24. The van der Waals surface area contributed by atoms with E-state index in [2.05, 4.69) is 10.9 Å². The lowest BCUT2D eigenvalue weighted by Crippen LogP contribution is -2.47. The number of halogens is 1. The van der Waals surface area contributed by atoms with Gasteiger partial charge in [0.25, 0.3) is 11.8 Å². The number of carbonyl (C=O) groups is 2. The first-order valence-electron chi connectivity index (χ1n) is 7.06. The molecule has 0 radical (unpaired) electrons. The van der Waals surface area contributed by atoms with Crippen molar-refractivity contribution in [2.45, 2.75) is 20.0 Å². The van der Waals surface area contributed by atoms with Crippen molar-refractivity contribution in [3.8, 4) is 5.75 Å². The first-order chi connectivity index (χ1) is 11.0. The van der Waals surface area contributed by atoms with Gasteiger partial charge in [-0.2, -0.15) is 0 Å². The molecule has 5 nitrogen and oxygen atoms in total. The number of nitrogens with one attached hydrogen (secondary N) is 2. The van der Waals surface area contributed by atoms with E-state index in [1.165, 1.54) is 0 Å². The zero-order chi connectivity index (χ0) is 16.8. The Morgan fingerprint density at radius 3 is 2.39 bits per heavy atom. The molecular formula is C17H17ClN2O3. The molecule has 0 saturated heterocycles. The quantitative estimate of drug-likeness (QED) is 0.846. The maximum Gasteiger partial charge on any atom is 0.279 e. The van der Waals surface area contributed by atoms with Crippen molar-refractivity contribution in [2.24, 2.45) is 0 Å². The number of aryl methyl sites for hydroxylation is 1. The largest absolute Gasteiger partial charge is 0.479 e. The summed E-state index contributed by atoms with van der Waals surface area (Å²) in [4.78, 5) is 24.0. The third kappa shape index (κ3) is 4.47. The highest BCUT2D eigenvalue weighted by atomic mass is 35.5. The number of benzene rings is 2. The molecule has 0 aliphatic heterocycles. The third-order valence-electron chi connectivity index (χ3n) is 3.20. The molecule has 120 valence electrons. The van der Waals surface area contributed by atoms with Crippen LogP contribution < -0.4 is 15.6 Å². The van der Waals surface area contributed by atoms with Crippen LogP contribution in [0.4, 0.5) is 0 Å². The van der Waals surface area contributed by atoms with Crippen LogP contribution in [0.1, 0.15) is 22.8 Å². The summed E-state index contributed by atoms with van der Waals surface area (Å²) in [6.45, 7) is 3.39. The Kier molecular flexibility index (Phi) is 5.60. The molecule has 1 atom stereocenters. The summed E-state index contributed by atoms with van der Waals surface area (Å²) in [6, 6.07) is 13.9. The molecule has 0 spiro atoms. The number of hydrogen-bond acceptors (Lipinski definition) is 3. The summed E-state index contributed by atoms with van der Waals surface area (Å²) in [7, 11) is 0. The molecule has 23 heavy (non-hydrogen) atoms. The van der Waals surface area contributed by atoms with E-state index in [0.29, 0.717) is 16.3 Å². The van der Waals surface area contributed by atoms with Crippen LogP contribution >= 0.6 is 11.6 Å². The summed E-state index contributed by atoms with van der Waals surface area (Å²) in [5.74, 6) is -0.463. The van der Waals surface area contributed by atoms with Crippen molar-refractivity contribution in [1.29, 1.82) is 0 Å². The van der Waals surface area contributed by atoms with Crippen molar-refractivity contribution in [3.63, 3.8) is 0 Å². The second kappa shape index (κ2) is 7.65. The van der Waals surface area contributed by atoms with Gasteiger partial charge in [-0.1, -0.05) is 41.9 Å². The number of amides is 2. The molecule has 2 N–H and O–H groups in total. The monoisotopic (exact) mass is 332 g/mol. The summed E-state index contributed by atoms with van der Waals surface area (Å²) < 4.78 is 5.47. The lowest BCUT2D eigenvalue weighted by atomic mass is 10.1. The Morgan fingerprint density at radius 1 is 1.04 bits per heavy atom. The van der Waals surface area contributed by atoms with Gasteiger partial charge in [0, 0.05) is 5.56 Å². The zero-order valence-electron chi connectivity index (χ0n) is 12.8. The fraction of sp³-hybridized carbons (Fsp3) is 0.176. The smallest absolute Gasteiger partial charge is 0.279 e. The maximum absolute atomic E-state index is 12.0. The van der Waals surface area contributed by atoms with Gasteiger partial charge in [0.15, 0.2) is 6.10 Å². The number of hydrazine groups is 1. The van der Waals surface area contributed by atoms with Crippen LogP contribution in [0.5, 0.6) is 5.75 Å². The summed E-state index contributed by atoms with van der Waals surface area (Å²) in [6.07, 6.45) is -0.813. The van der Waals surface area contributed by atoms with Crippen LogP contribution in [0, 0.1) is 6.92 Å². The highest BCUT2D eigenvalue weighted by molar-refractivity contribution is 6.32. The minimum Gasteiger partial charge on any atom is -0.479 e. The number of ether oxygens (including phenoxy) is 1. The summed E-state index contributed by atoms with van der Waals surface area (Å²) in [5, 5.41) is 0.413. The predicted octanol–water partition coefficient (Wildman–Crippen LogP) is 2.88. The number of hydrogen-bond donors (Lipinski definition) is 2. The SMILES string of the molecule is Cc1ccccc1C(=O)NNC(=O)C(C)Oc1ccccc1Cl. The molecule has 0 saturated carbocycles. The Bertz CT molecular complexity index is 718. The lowest BCUT2D eigenvalue weighted by molar-refractivity contribution is -0.128. The minimum absolute atomic E-state index is 0.388. The van der Waals surface area contributed by atoms with E-state index < -0.39 is 12.0 Å². The van der Waals surface area contributed by atoms with E-state index in [9.17, 15) is 9.59 Å². The Hall–Kier alpha value is -2.53. The van der Waals surface area contributed by atoms with Crippen LogP contribution in [0.25, 0.3) is 0 Å². The van der Waals surface area contributed by atoms with E-state index in [4.69, 9.17) is 16.3 Å². The molecule has 2 rings (SSSR count). The summed E-state index contributed by atoms with van der Waals surface area (Å²) in [5.41, 5.74) is 6.02. The molecule has 0 heterocycles. The van der Waals surface area contributed by atoms with Crippen molar-refractivity contribution in [1.82, 2.24) is 10.9 Å². The van der Waals surface area contributed by atoms with Gasteiger partial charge in [0.05, 0.1) is 5.02 Å². The molecule has 2 amide bonds. The van der Waals surface area contributed by atoms with Crippen molar-refractivity contribution in [3.05, 3.63) is 64.7 Å². The second-order valence-corrected chi connectivity index (χ2v) is 5.36. The zero-order valence-corrected chi connectivity index (χ0v) is 13.6. The lowest BCUT2D eigenvalue weighted by Gasteiger charge is -2.16. The van der Waals surface area contributed by atoms with E-state index in [0.717, 1.165) is 5.56 Å². The molecule has 0 aliphatic rings. The topological polar surface area (TPSA) is 67.4 Å².